The molecule has 0 unspecified atom stereocenters. The number of benzene rings is 3. The number of imidazole rings is 1. The number of hydrogen-bond acceptors (Lipinski definition) is 2. The van der Waals surface area contributed by atoms with Crippen LogP contribution in [-0.4, -0.2) is 15.5 Å². The molecule has 4 aromatic rings. The summed E-state index contributed by atoms with van der Waals surface area (Å²) in [5, 5.41) is 2.70. The molecule has 1 N–H and O–H groups in total. The second kappa shape index (κ2) is 6.44. The molecule has 0 atom stereocenters. The monoisotopic (exact) mass is 345 g/mol. The first-order chi connectivity index (χ1) is 12.6. The maximum Gasteiger partial charge on any atom is 0.255 e. The number of aromatic nitrogens is 2. The van der Waals surface area contributed by atoms with Gasteiger partial charge >= 0.3 is 0 Å². The van der Waals surface area contributed by atoms with E-state index < -0.39 is 5.82 Å². The van der Waals surface area contributed by atoms with Gasteiger partial charge in [-0.1, -0.05) is 24.3 Å². The smallest absolute Gasteiger partial charge is 0.255 e. The lowest BCUT2D eigenvalue weighted by Crippen LogP contribution is -2.11. The molecule has 0 saturated carbocycles. The molecule has 0 bridgehead atoms. The summed E-state index contributed by atoms with van der Waals surface area (Å²) in [6.45, 7) is 1.93. The zero-order chi connectivity index (χ0) is 18.1. The summed E-state index contributed by atoms with van der Waals surface area (Å²) in [7, 11) is 0. The van der Waals surface area contributed by atoms with Gasteiger partial charge in [-0.2, -0.15) is 0 Å². The van der Waals surface area contributed by atoms with Crippen LogP contribution in [0.4, 0.5) is 10.1 Å². The van der Waals surface area contributed by atoms with Gasteiger partial charge < -0.3 is 5.32 Å². The fraction of sp³-hybridized carbons (Fsp3) is 0.0476. The van der Waals surface area contributed by atoms with Gasteiger partial charge in [0.15, 0.2) is 0 Å². The number of nitrogens with one attached hydrogen (secondary N) is 1. The van der Waals surface area contributed by atoms with Crippen molar-refractivity contribution in [3.8, 4) is 5.69 Å². The average Bonchev–Trinajstić information content (AvgIpc) is 2.97. The Bertz CT molecular complexity index is 1100. The van der Waals surface area contributed by atoms with Gasteiger partial charge in [0.2, 0.25) is 0 Å². The highest BCUT2D eigenvalue weighted by Gasteiger charge is 2.13. The molecular weight excluding hydrogens is 329 g/mol. The molecule has 26 heavy (non-hydrogen) atoms. The van der Waals surface area contributed by atoms with E-state index in [1.807, 2.05) is 47.9 Å². The first kappa shape index (κ1) is 16.0. The number of amides is 1. The van der Waals surface area contributed by atoms with Gasteiger partial charge in [0, 0.05) is 16.9 Å². The third kappa shape index (κ3) is 2.95. The van der Waals surface area contributed by atoms with E-state index in [1.165, 1.54) is 12.1 Å². The number of fused-ring (bicyclic) bond motifs is 1. The van der Waals surface area contributed by atoms with Crippen LogP contribution in [0.1, 0.15) is 16.2 Å². The Hall–Kier alpha value is -3.47. The largest absolute Gasteiger partial charge is 0.322 e. The molecule has 1 heterocycles. The van der Waals surface area contributed by atoms with Gasteiger partial charge in [-0.15, -0.1) is 0 Å². The number of hydrogen-bond donors (Lipinski definition) is 1. The highest BCUT2D eigenvalue weighted by atomic mass is 19.1. The minimum Gasteiger partial charge on any atom is -0.322 e. The Morgan fingerprint density at radius 3 is 2.58 bits per heavy atom. The molecule has 5 heteroatoms. The zero-order valence-corrected chi connectivity index (χ0v) is 14.1. The standard InChI is InChI=1S/C21H16FN3O/c1-14-23-19-12-15(21(26)24-17-7-5-6-16(22)13-17)10-11-20(19)25(14)18-8-3-2-4-9-18/h2-13H,1H3,(H,24,26). The van der Waals surface area contributed by atoms with Gasteiger partial charge in [-0.25, -0.2) is 9.37 Å². The van der Waals surface area contributed by atoms with E-state index in [9.17, 15) is 9.18 Å². The van der Waals surface area contributed by atoms with Gasteiger partial charge in [-0.3, -0.25) is 9.36 Å². The number of aryl methyl sites for hydroxylation is 1. The third-order valence-corrected chi connectivity index (χ3v) is 4.18. The summed E-state index contributed by atoms with van der Waals surface area (Å²) in [5.41, 5.74) is 3.57. The highest BCUT2D eigenvalue weighted by molar-refractivity contribution is 6.06. The molecule has 0 saturated heterocycles. The SMILES string of the molecule is Cc1nc2cc(C(=O)Nc3cccc(F)c3)ccc2n1-c1ccccc1. The maximum absolute atomic E-state index is 13.3. The van der Waals surface area contributed by atoms with Gasteiger partial charge in [0.25, 0.3) is 5.91 Å². The molecule has 0 fully saturated rings. The van der Waals surface area contributed by atoms with Crippen molar-refractivity contribution >= 4 is 22.6 Å². The number of para-hydroxylation sites is 1. The van der Waals surface area contributed by atoms with Gasteiger partial charge in [0.1, 0.15) is 11.6 Å². The molecule has 128 valence electrons. The molecule has 0 spiro atoms. The number of carbonyl (C=O) groups is 1. The number of nitrogens with zero attached hydrogens (tertiary/aromatic N) is 2. The zero-order valence-electron chi connectivity index (χ0n) is 14.1. The number of rotatable bonds is 3. The summed E-state index contributed by atoms with van der Waals surface area (Å²) < 4.78 is 15.3. The fourth-order valence-electron chi connectivity index (χ4n) is 3.01. The van der Waals surface area contributed by atoms with Crippen molar-refractivity contribution in [1.29, 1.82) is 0 Å². The van der Waals surface area contributed by atoms with Crippen LogP contribution < -0.4 is 5.32 Å². The normalized spacial score (nSPS) is 10.8. The van der Waals surface area contributed by atoms with E-state index >= 15 is 0 Å². The van der Waals surface area contributed by atoms with Crippen LogP contribution in [0.25, 0.3) is 16.7 Å². The second-order valence-corrected chi connectivity index (χ2v) is 6.00. The van der Waals surface area contributed by atoms with E-state index in [2.05, 4.69) is 10.3 Å². The average molecular weight is 345 g/mol. The first-order valence-corrected chi connectivity index (χ1v) is 8.23. The Balaban J connectivity index is 1.69. The molecule has 3 aromatic carbocycles. The molecule has 4 nitrogen and oxygen atoms in total. The number of halogens is 1. The molecule has 0 radical (unpaired) electrons. The van der Waals surface area contributed by atoms with Crippen molar-refractivity contribution in [2.24, 2.45) is 0 Å². The Labute approximate surface area is 149 Å². The van der Waals surface area contributed by atoms with Gasteiger partial charge in [-0.05, 0) is 55.5 Å². The van der Waals surface area contributed by atoms with Crippen molar-refractivity contribution in [3.63, 3.8) is 0 Å². The van der Waals surface area contributed by atoms with Crippen molar-refractivity contribution in [2.75, 3.05) is 5.32 Å². The minimum atomic E-state index is -0.393. The van der Waals surface area contributed by atoms with Crippen molar-refractivity contribution < 1.29 is 9.18 Å². The van der Waals surface area contributed by atoms with Crippen molar-refractivity contribution in [1.82, 2.24) is 9.55 Å². The predicted molar refractivity (Wildman–Crippen MR) is 100 cm³/mol. The molecule has 4 rings (SSSR count). The third-order valence-electron chi connectivity index (χ3n) is 4.18. The molecule has 0 aliphatic carbocycles. The summed E-state index contributed by atoms with van der Waals surface area (Å²) in [5.74, 6) is 0.147. The molecule has 1 aromatic heterocycles. The van der Waals surface area contributed by atoms with Crippen LogP contribution in [0.15, 0.2) is 72.8 Å². The van der Waals surface area contributed by atoms with Crippen molar-refractivity contribution in [2.45, 2.75) is 6.92 Å². The van der Waals surface area contributed by atoms with Crippen LogP contribution in [-0.2, 0) is 0 Å². The topological polar surface area (TPSA) is 46.9 Å². The van der Waals surface area contributed by atoms with Crippen LogP contribution in [0.3, 0.4) is 0 Å². The summed E-state index contributed by atoms with van der Waals surface area (Å²) in [6, 6.07) is 21.1. The first-order valence-electron chi connectivity index (χ1n) is 8.23. The Morgan fingerprint density at radius 2 is 1.81 bits per heavy atom. The summed E-state index contributed by atoms with van der Waals surface area (Å²) >= 11 is 0. The molecule has 1 amide bonds. The van der Waals surface area contributed by atoms with E-state index in [4.69, 9.17) is 0 Å². The van der Waals surface area contributed by atoms with Crippen LogP contribution in [0, 0.1) is 12.7 Å². The van der Waals surface area contributed by atoms with E-state index in [0.29, 0.717) is 11.3 Å². The fourth-order valence-corrected chi connectivity index (χ4v) is 3.01. The quantitative estimate of drug-likeness (QED) is 0.584. The Morgan fingerprint density at radius 1 is 1.00 bits per heavy atom. The van der Waals surface area contributed by atoms with Crippen LogP contribution in [0.2, 0.25) is 0 Å². The van der Waals surface area contributed by atoms with Crippen molar-refractivity contribution in [3.05, 3.63) is 90.0 Å². The van der Waals surface area contributed by atoms with Gasteiger partial charge in [0.05, 0.1) is 11.0 Å². The lowest BCUT2D eigenvalue weighted by Gasteiger charge is -2.07. The van der Waals surface area contributed by atoms with E-state index in [-0.39, 0.29) is 5.91 Å². The number of carbonyl (C=O) groups excluding carboxylic acids is 1. The lowest BCUT2D eigenvalue weighted by molar-refractivity contribution is 0.102. The number of anilines is 1. The van der Waals surface area contributed by atoms with E-state index in [1.54, 1.807) is 24.3 Å². The minimum absolute atomic E-state index is 0.301. The highest BCUT2D eigenvalue weighted by Crippen LogP contribution is 2.23. The lowest BCUT2D eigenvalue weighted by atomic mass is 10.1. The van der Waals surface area contributed by atoms with E-state index in [0.717, 1.165) is 22.5 Å². The molecular formula is C21H16FN3O. The Kier molecular flexibility index (Phi) is 3.97. The summed E-state index contributed by atoms with van der Waals surface area (Å²) in [4.78, 5) is 17.0. The maximum atomic E-state index is 13.3. The molecule has 0 aliphatic heterocycles. The van der Waals surface area contributed by atoms with Crippen LogP contribution in [0.5, 0.6) is 0 Å². The van der Waals surface area contributed by atoms with Crippen LogP contribution >= 0.6 is 0 Å². The second-order valence-electron chi connectivity index (χ2n) is 6.00. The predicted octanol–water partition coefficient (Wildman–Crippen LogP) is 4.73. The molecule has 0 aliphatic rings. The summed E-state index contributed by atoms with van der Waals surface area (Å²) in [6.07, 6.45) is 0.